The van der Waals surface area contributed by atoms with E-state index >= 15 is 0 Å². The number of rotatable bonds is 6. The summed E-state index contributed by atoms with van der Waals surface area (Å²) in [5.74, 6) is -0.633. The summed E-state index contributed by atoms with van der Waals surface area (Å²) >= 11 is 5.68. The van der Waals surface area contributed by atoms with E-state index < -0.39 is 10.9 Å². The number of carbonyl (C=O) groups excluding carboxylic acids is 1. The predicted molar refractivity (Wildman–Crippen MR) is 88.1 cm³/mol. The molecule has 0 aliphatic heterocycles. The lowest BCUT2D eigenvalue weighted by atomic mass is 10.1. The highest BCUT2D eigenvalue weighted by atomic mass is 35.5. The molecule has 1 aromatic heterocycles. The SMILES string of the molecule is O=C(OCc1ccc(Cl)nc1)c1ccc(NC2CC2)c([N+](=O)[O-])c1. The molecule has 8 heteroatoms. The molecule has 1 saturated carbocycles. The quantitative estimate of drug-likeness (QED) is 0.371. The molecular weight excluding hydrogens is 334 g/mol. The Morgan fingerprint density at radius 3 is 2.79 bits per heavy atom. The number of nitrogens with one attached hydrogen (secondary N) is 1. The molecule has 0 atom stereocenters. The lowest BCUT2D eigenvalue weighted by molar-refractivity contribution is -0.384. The summed E-state index contributed by atoms with van der Waals surface area (Å²) in [6.07, 6.45) is 3.49. The molecule has 0 bridgehead atoms. The van der Waals surface area contributed by atoms with Crippen molar-refractivity contribution in [2.45, 2.75) is 25.5 Å². The van der Waals surface area contributed by atoms with Gasteiger partial charge in [0, 0.05) is 23.9 Å². The molecule has 0 saturated heterocycles. The third-order valence-electron chi connectivity index (χ3n) is 3.53. The Hall–Kier alpha value is -2.67. The summed E-state index contributed by atoms with van der Waals surface area (Å²) in [6.45, 7) is 0.0128. The molecule has 24 heavy (non-hydrogen) atoms. The van der Waals surface area contributed by atoms with Gasteiger partial charge in [-0.15, -0.1) is 0 Å². The standard InChI is InChI=1S/C16H14ClN3O4/c17-15-6-1-10(8-18-15)9-24-16(21)11-2-5-13(19-12-3-4-12)14(7-11)20(22)23/h1-2,5-8,12,19H,3-4,9H2. The average Bonchev–Trinajstić information content (AvgIpc) is 3.38. The van der Waals surface area contributed by atoms with Crippen molar-refractivity contribution >= 4 is 28.9 Å². The minimum atomic E-state index is -0.633. The van der Waals surface area contributed by atoms with Gasteiger partial charge in [0.1, 0.15) is 17.4 Å². The number of hydrogen-bond acceptors (Lipinski definition) is 6. The second-order valence-electron chi connectivity index (χ2n) is 5.47. The summed E-state index contributed by atoms with van der Waals surface area (Å²) < 4.78 is 5.16. The Balaban J connectivity index is 1.70. The summed E-state index contributed by atoms with van der Waals surface area (Å²) in [7, 11) is 0. The molecule has 7 nitrogen and oxygen atoms in total. The van der Waals surface area contributed by atoms with Gasteiger partial charge in [0.05, 0.1) is 10.5 Å². The zero-order chi connectivity index (χ0) is 17.1. The third-order valence-corrected chi connectivity index (χ3v) is 3.75. The third kappa shape index (κ3) is 3.99. The number of carbonyl (C=O) groups is 1. The van der Waals surface area contributed by atoms with Crippen molar-refractivity contribution in [1.82, 2.24) is 4.98 Å². The van der Waals surface area contributed by atoms with E-state index in [2.05, 4.69) is 10.3 Å². The fourth-order valence-electron chi connectivity index (χ4n) is 2.10. The molecular formula is C16H14ClN3O4. The smallest absolute Gasteiger partial charge is 0.338 e. The number of nitro benzene ring substituents is 1. The lowest BCUT2D eigenvalue weighted by Crippen LogP contribution is -2.08. The first kappa shape index (κ1) is 16.2. The van der Waals surface area contributed by atoms with E-state index in [4.69, 9.17) is 16.3 Å². The van der Waals surface area contributed by atoms with Gasteiger partial charge in [-0.05, 0) is 31.0 Å². The van der Waals surface area contributed by atoms with Crippen LogP contribution in [-0.4, -0.2) is 21.9 Å². The van der Waals surface area contributed by atoms with E-state index in [0.717, 1.165) is 12.8 Å². The van der Waals surface area contributed by atoms with Crippen LogP contribution >= 0.6 is 11.6 Å². The van der Waals surface area contributed by atoms with Crippen LogP contribution in [0, 0.1) is 10.1 Å². The number of pyridine rings is 1. The first-order valence-electron chi connectivity index (χ1n) is 7.35. The summed E-state index contributed by atoms with van der Waals surface area (Å²) in [6, 6.07) is 7.84. The fraction of sp³-hybridized carbons (Fsp3) is 0.250. The van der Waals surface area contributed by atoms with E-state index in [9.17, 15) is 14.9 Å². The van der Waals surface area contributed by atoms with Crippen LogP contribution in [0.1, 0.15) is 28.8 Å². The molecule has 1 heterocycles. The molecule has 124 valence electrons. The number of anilines is 1. The molecule has 0 amide bonds. The Kier molecular flexibility index (Phi) is 4.61. The molecule has 1 aliphatic rings. The Labute approximate surface area is 142 Å². The Morgan fingerprint density at radius 2 is 2.17 bits per heavy atom. The van der Waals surface area contributed by atoms with Crippen molar-refractivity contribution in [3.05, 3.63) is 62.9 Å². The normalized spacial score (nSPS) is 13.4. The highest BCUT2D eigenvalue weighted by molar-refractivity contribution is 6.29. The van der Waals surface area contributed by atoms with Crippen LogP contribution in [0.3, 0.4) is 0 Å². The molecule has 3 rings (SSSR count). The number of ether oxygens (including phenoxy) is 1. The predicted octanol–water partition coefficient (Wildman–Crippen LogP) is 3.57. The van der Waals surface area contributed by atoms with Crippen LogP contribution < -0.4 is 5.32 Å². The number of aromatic nitrogens is 1. The lowest BCUT2D eigenvalue weighted by Gasteiger charge is -2.08. The van der Waals surface area contributed by atoms with E-state index in [-0.39, 0.29) is 23.9 Å². The van der Waals surface area contributed by atoms with Crippen molar-refractivity contribution in [2.75, 3.05) is 5.32 Å². The minimum absolute atomic E-state index is 0.0128. The van der Waals surface area contributed by atoms with Crippen LogP contribution in [0.15, 0.2) is 36.5 Å². The number of benzene rings is 1. The van der Waals surface area contributed by atoms with Gasteiger partial charge in [-0.3, -0.25) is 10.1 Å². The van der Waals surface area contributed by atoms with E-state index in [1.165, 1.54) is 24.4 Å². The number of halogens is 1. The van der Waals surface area contributed by atoms with E-state index in [1.807, 2.05) is 0 Å². The first-order chi connectivity index (χ1) is 11.5. The van der Waals surface area contributed by atoms with E-state index in [1.54, 1.807) is 12.1 Å². The molecule has 2 aromatic rings. The largest absolute Gasteiger partial charge is 0.457 e. The minimum Gasteiger partial charge on any atom is -0.457 e. The van der Waals surface area contributed by atoms with Crippen molar-refractivity contribution in [3.8, 4) is 0 Å². The Bertz CT molecular complexity index is 775. The van der Waals surface area contributed by atoms with Crippen LogP contribution in [0.2, 0.25) is 5.15 Å². The molecule has 1 aliphatic carbocycles. The van der Waals surface area contributed by atoms with Gasteiger partial charge >= 0.3 is 5.97 Å². The van der Waals surface area contributed by atoms with Gasteiger partial charge in [-0.2, -0.15) is 0 Å². The summed E-state index contributed by atoms with van der Waals surface area (Å²) in [4.78, 5) is 26.7. The highest BCUT2D eigenvalue weighted by Crippen LogP contribution is 2.31. The number of esters is 1. The van der Waals surface area contributed by atoms with Crippen molar-refractivity contribution in [3.63, 3.8) is 0 Å². The van der Waals surface area contributed by atoms with Gasteiger partial charge in [0.25, 0.3) is 5.69 Å². The second kappa shape index (κ2) is 6.84. The van der Waals surface area contributed by atoms with Crippen molar-refractivity contribution in [2.24, 2.45) is 0 Å². The van der Waals surface area contributed by atoms with Gasteiger partial charge in [-0.25, -0.2) is 9.78 Å². The maximum absolute atomic E-state index is 12.1. The number of hydrogen-bond donors (Lipinski definition) is 1. The fourth-order valence-corrected chi connectivity index (χ4v) is 2.22. The van der Waals surface area contributed by atoms with Crippen LogP contribution in [0.4, 0.5) is 11.4 Å². The maximum Gasteiger partial charge on any atom is 0.338 e. The average molecular weight is 348 g/mol. The van der Waals surface area contributed by atoms with Gasteiger partial charge < -0.3 is 10.1 Å². The molecule has 1 fully saturated rings. The molecule has 0 unspecified atom stereocenters. The van der Waals surface area contributed by atoms with E-state index in [0.29, 0.717) is 16.4 Å². The summed E-state index contributed by atoms with van der Waals surface area (Å²) in [5.41, 5.74) is 1.09. The molecule has 0 radical (unpaired) electrons. The maximum atomic E-state index is 12.1. The van der Waals surface area contributed by atoms with Crippen LogP contribution in [0.25, 0.3) is 0 Å². The summed E-state index contributed by atoms with van der Waals surface area (Å²) in [5, 5.41) is 14.6. The van der Waals surface area contributed by atoms with Crippen LogP contribution in [0.5, 0.6) is 0 Å². The molecule has 0 spiro atoms. The highest BCUT2D eigenvalue weighted by Gasteiger charge is 2.25. The van der Waals surface area contributed by atoms with Gasteiger partial charge in [-0.1, -0.05) is 17.7 Å². The first-order valence-corrected chi connectivity index (χ1v) is 7.73. The molecule has 1 aromatic carbocycles. The monoisotopic (exact) mass is 347 g/mol. The Morgan fingerprint density at radius 1 is 1.38 bits per heavy atom. The number of nitro groups is 1. The van der Waals surface area contributed by atoms with Crippen molar-refractivity contribution < 1.29 is 14.5 Å². The van der Waals surface area contributed by atoms with Crippen LogP contribution in [-0.2, 0) is 11.3 Å². The number of nitrogens with zero attached hydrogens (tertiary/aromatic N) is 2. The van der Waals surface area contributed by atoms with Crippen molar-refractivity contribution in [1.29, 1.82) is 0 Å². The van der Waals surface area contributed by atoms with Gasteiger partial charge in [0.2, 0.25) is 0 Å². The topological polar surface area (TPSA) is 94.4 Å². The van der Waals surface area contributed by atoms with Gasteiger partial charge in [0.15, 0.2) is 0 Å². The second-order valence-corrected chi connectivity index (χ2v) is 5.86. The zero-order valence-electron chi connectivity index (χ0n) is 12.6. The molecule has 1 N–H and O–H groups in total. The zero-order valence-corrected chi connectivity index (χ0v) is 13.3.